The number of carbonyl (C=O) groups is 3. The van der Waals surface area contributed by atoms with Gasteiger partial charge in [-0.1, -0.05) is 29.3 Å². The van der Waals surface area contributed by atoms with Crippen LogP contribution >= 0.6 is 66.8 Å². The number of imide groups is 1. The zero-order valence-electron chi connectivity index (χ0n) is 15.0. The molecule has 2 N–H and O–H groups in total. The topological polar surface area (TPSA) is 89.7 Å². The molecule has 0 saturated carbocycles. The molecule has 3 amide bonds. The highest BCUT2D eigenvalue weighted by molar-refractivity contribution is 9.11. The zero-order chi connectivity index (χ0) is 22.0. The van der Waals surface area contributed by atoms with Crippen molar-refractivity contribution in [3.8, 4) is 5.75 Å². The number of amides is 3. The number of ether oxygens (including phenoxy) is 1. The van der Waals surface area contributed by atoms with Gasteiger partial charge in [-0.15, -0.1) is 0 Å². The van der Waals surface area contributed by atoms with Crippen molar-refractivity contribution in [3.63, 3.8) is 0 Å². The van der Waals surface area contributed by atoms with Crippen LogP contribution in [0, 0.1) is 0 Å². The van der Waals surface area contributed by atoms with Gasteiger partial charge in [-0.25, -0.2) is 0 Å². The molecule has 6 nitrogen and oxygen atoms in total. The molecule has 1 aliphatic rings. The van der Waals surface area contributed by atoms with E-state index >= 15 is 0 Å². The number of hydrogen-bond donors (Lipinski definition) is 1. The normalized spacial score (nSPS) is 15.2. The average molecular weight is 595 g/mol. The maximum Gasteiger partial charge on any atom is 0.294 e. The smallest absolute Gasteiger partial charge is 0.294 e. The first-order valence-corrected chi connectivity index (χ1v) is 11.4. The fourth-order valence-electron chi connectivity index (χ4n) is 2.53. The van der Waals surface area contributed by atoms with E-state index in [0.717, 1.165) is 22.2 Å². The molecular weight excluding hydrogens is 583 g/mol. The molecule has 0 aromatic heterocycles. The van der Waals surface area contributed by atoms with E-state index in [-0.39, 0.29) is 11.5 Å². The van der Waals surface area contributed by atoms with Crippen LogP contribution < -0.4 is 10.5 Å². The van der Waals surface area contributed by atoms with Crippen LogP contribution in [0.4, 0.5) is 4.79 Å². The predicted octanol–water partition coefficient (Wildman–Crippen LogP) is 5.62. The Morgan fingerprint density at radius 3 is 2.43 bits per heavy atom. The van der Waals surface area contributed by atoms with Crippen LogP contribution in [-0.2, 0) is 16.2 Å². The van der Waals surface area contributed by atoms with Gasteiger partial charge < -0.3 is 10.5 Å². The van der Waals surface area contributed by atoms with Gasteiger partial charge >= 0.3 is 0 Å². The minimum absolute atomic E-state index is 0.196. The molecule has 0 radical (unpaired) electrons. The number of nitrogens with two attached hydrogens (primary N) is 1. The summed E-state index contributed by atoms with van der Waals surface area (Å²) in [6, 6.07) is 8.63. The Labute approximate surface area is 203 Å². The lowest BCUT2D eigenvalue weighted by Gasteiger charge is -2.12. The van der Waals surface area contributed by atoms with Crippen LogP contribution in [0.2, 0.25) is 10.0 Å². The number of nitrogens with zero attached hydrogens (tertiary/aromatic N) is 1. The zero-order valence-corrected chi connectivity index (χ0v) is 20.5. The molecular formula is C19H12Br2Cl2N2O4S. The van der Waals surface area contributed by atoms with Crippen molar-refractivity contribution < 1.29 is 19.1 Å². The Bertz CT molecular complexity index is 1070. The quantitative estimate of drug-likeness (QED) is 0.439. The summed E-state index contributed by atoms with van der Waals surface area (Å²) in [4.78, 5) is 36.3. The van der Waals surface area contributed by atoms with Crippen molar-refractivity contribution in [1.82, 2.24) is 4.90 Å². The number of rotatable bonds is 6. The molecule has 0 bridgehead atoms. The molecule has 0 atom stereocenters. The third-order valence-corrected chi connectivity index (χ3v) is 6.57. The Balaban J connectivity index is 1.79. The second kappa shape index (κ2) is 9.74. The highest BCUT2D eigenvalue weighted by atomic mass is 79.9. The molecule has 3 rings (SSSR count). The molecule has 2 aromatic rings. The first-order valence-electron chi connectivity index (χ1n) is 8.25. The van der Waals surface area contributed by atoms with E-state index in [0.29, 0.717) is 30.3 Å². The maximum absolute atomic E-state index is 12.3. The molecule has 1 saturated heterocycles. The highest BCUT2D eigenvalue weighted by Crippen LogP contribution is 2.38. The molecule has 0 spiro atoms. The van der Waals surface area contributed by atoms with Crippen LogP contribution in [0.25, 0.3) is 6.08 Å². The maximum atomic E-state index is 12.3. The third kappa shape index (κ3) is 5.39. The van der Waals surface area contributed by atoms with E-state index in [2.05, 4.69) is 31.9 Å². The van der Waals surface area contributed by atoms with Crippen LogP contribution in [0.1, 0.15) is 11.1 Å². The first-order chi connectivity index (χ1) is 14.2. The molecule has 1 aliphatic heterocycles. The second-order valence-corrected chi connectivity index (χ2v) is 9.62. The van der Waals surface area contributed by atoms with Crippen LogP contribution in [0.5, 0.6) is 5.75 Å². The number of primary amides is 1. The number of hydrogen-bond acceptors (Lipinski definition) is 5. The van der Waals surface area contributed by atoms with E-state index in [1.54, 1.807) is 36.4 Å². The van der Waals surface area contributed by atoms with Gasteiger partial charge in [0.15, 0.2) is 0 Å². The molecule has 11 heteroatoms. The van der Waals surface area contributed by atoms with Crippen molar-refractivity contribution >= 4 is 90.0 Å². The number of benzene rings is 2. The molecule has 2 aromatic carbocycles. The van der Waals surface area contributed by atoms with Crippen LogP contribution in [-0.4, -0.2) is 28.5 Å². The summed E-state index contributed by atoms with van der Waals surface area (Å²) >= 11 is 19.7. The molecule has 0 unspecified atom stereocenters. The van der Waals surface area contributed by atoms with Gasteiger partial charge in [0.05, 0.1) is 13.9 Å². The molecule has 0 aliphatic carbocycles. The SMILES string of the molecule is NC(=O)CN1C(=O)S/C(=C\c2cc(Br)c(OCc3ccc(Cl)cc3Cl)c(Br)c2)C1=O. The van der Waals surface area contributed by atoms with Gasteiger partial charge in [-0.2, -0.15) is 0 Å². The van der Waals surface area contributed by atoms with Crippen molar-refractivity contribution in [2.45, 2.75) is 6.61 Å². The van der Waals surface area contributed by atoms with Gasteiger partial charge in [0.25, 0.3) is 11.1 Å². The average Bonchev–Trinajstić information content (AvgIpc) is 2.89. The number of thioether (sulfide) groups is 1. The standard InChI is InChI=1S/C19H12Br2Cl2N2O4S/c20-12-3-9(5-15-18(27)25(7-16(24)26)19(28)30-15)4-13(21)17(12)29-8-10-1-2-11(22)6-14(10)23/h1-6H,7-8H2,(H2,24,26)/b15-5-. The highest BCUT2D eigenvalue weighted by Gasteiger charge is 2.35. The van der Waals surface area contributed by atoms with Gasteiger partial charge in [0.1, 0.15) is 18.9 Å². The lowest BCUT2D eigenvalue weighted by Crippen LogP contribution is -2.36. The fourth-order valence-corrected chi connectivity index (χ4v) is 5.29. The van der Waals surface area contributed by atoms with Crippen molar-refractivity contribution in [1.29, 1.82) is 0 Å². The summed E-state index contributed by atoms with van der Waals surface area (Å²) in [6.07, 6.45) is 1.56. The van der Waals surface area contributed by atoms with Crippen LogP contribution in [0.3, 0.4) is 0 Å². The third-order valence-electron chi connectivity index (χ3n) is 3.89. The molecule has 1 heterocycles. The number of halogens is 4. The first kappa shape index (κ1) is 23.1. The lowest BCUT2D eigenvalue weighted by molar-refractivity contribution is -0.127. The minimum Gasteiger partial charge on any atom is -0.486 e. The van der Waals surface area contributed by atoms with E-state index in [1.165, 1.54) is 0 Å². The molecule has 30 heavy (non-hydrogen) atoms. The predicted molar refractivity (Wildman–Crippen MR) is 125 cm³/mol. The molecule has 156 valence electrons. The molecule has 1 fully saturated rings. The Hall–Kier alpha value is -1.52. The van der Waals surface area contributed by atoms with E-state index in [4.69, 9.17) is 33.7 Å². The van der Waals surface area contributed by atoms with Crippen LogP contribution in [0.15, 0.2) is 44.2 Å². The van der Waals surface area contributed by atoms with Gasteiger partial charge in [-0.05, 0) is 79.5 Å². The summed E-state index contributed by atoms with van der Waals surface area (Å²) in [5, 5.41) is 0.497. The Kier molecular flexibility index (Phi) is 7.52. The monoisotopic (exact) mass is 592 g/mol. The Morgan fingerprint density at radius 2 is 1.83 bits per heavy atom. The summed E-state index contributed by atoms with van der Waals surface area (Å²) in [7, 11) is 0. The van der Waals surface area contributed by atoms with Crippen molar-refractivity contribution in [2.75, 3.05) is 6.54 Å². The second-order valence-electron chi connectivity index (χ2n) is 6.07. The van der Waals surface area contributed by atoms with Gasteiger partial charge in [0, 0.05) is 15.6 Å². The fraction of sp³-hybridized carbons (Fsp3) is 0.105. The van der Waals surface area contributed by atoms with E-state index in [1.807, 2.05) is 0 Å². The van der Waals surface area contributed by atoms with Crippen molar-refractivity contribution in [2.24, 2.45) is 5.73 Å². The van der Waals surface area contributed by atoms with Gasteiger partial charge in [0.2, 0.25) is 5.91 Å². The lowest BCUT2D eigenvalue weighted by atomic mass is 10.2. The summed E-state index contributed by atoms with van der Waals surface area (Å²) in [6.45, 7) is -0.228. The van der Waals surface area contributed by atoms with E-state index in [9.17, 15) is 14.4 Å². The largest absolute Gasteiger partial charge is 0.486 e. The summed E-state index contributed by atoms with van der Waals surface area (Å²) in [5.41, 5.74) is 6.50. The number of carbonyl (C=O) groups excluding carboxylic acids is 3. The summed E-state index contributed by atoms with van der Waals surface area (Å²) in [5.74, 6) is -0.778. The van der Waals surface area contributed by atoms with Gasteiger partial charge in [-0.3, -0.25) is 19.3 Å². The minimum atomic E-state index is -0.758. The van der Waals surface area contributed by atoms with Crippen molar-refractivity contribution in [3.05, 3.63) is 65.4 Å². The Morgan fingerprint density at radius 1 is 1.17 bits per heavy atom. The summed E-state index contributed by atoms with van der Waals surface area (Å²) < 4.78 is 7.13. The van der Waals surface area contributed by atoms with E-state index < -0.39 is 23.6 Å².